The SMILES string of the molecule is Cc1cnc(C)c2nsnc12. The number of hydrogen-bond acceptors (Lipinski definition) is 4. The minimum Gasteiger partial charge on any atom is -0.259 e. The van der Waals surface area contributed by atoms with Crippen LogP contribution in [0.3, 0.4) is 0 Å². The van der Waals surface area contributed by atoms with E-state index in [0.717, 1.165) is 22.3 Å². The molecule has 56 valence electrons. The molecule has 0 aliphatic heterocycles. The summed E-state index contributed by atoms with van der Waals surface area (Å²) < 4.78 is 8.32. The molecule has 0 aliphatic carbocycles. The lowest BCUT2D eigenvalue weighted by Crippen LogP contribution is -1.85. The van der Waals surface area contributed by atoms with Gasteiger partial charge in [0.1, 0.15) is 11.0 Å². The first-order valence-corrected chi connectivity index (χ1v) is 4.06. The van der Waals surface area contributed by atoms with Gasteiger partial charge in [-0.15, -0.1) is 0 Å². The number of pyridine rings is 1. The van der Waals surface area contributed by atoms with E-state index in [1.807, 2.05) is 20.0 Å². The van der Waals surface area contributed by atoms with E-state index in [9.17, 15) is 0 Å². The van der Waals surface area contributed by atoms with Gasteiger partial charge in [0, 0.05) is 6.20 Å². The molecule has 2 heterocycles. The third-order valence-electron chi connectivity index (χ3n) is 1.66. The van der Waals surface area contributed by atoms with Crippen LogP contribution in [0, 0.1) is 13.8 Å². The van der Waals surface area contributed by atoms with Crippen LogP contribution in [0.15, 0.2) is 6.20 Å². The molecule has 0 aliphatic rings. The lowest BCUT2D eigenvalue weighted by atomic mass is 10.2. The van der Waals surface area contributed by atoms with Crippen molar-refractivity contribution >= 4 is 22.8 Å². The van der Waals surface area contributed by atoms with Crippen LogP contribution in [0.1, 0.15) is 11.3 Å². The van der Waals surface area contributed by atoms with Crippen LogP contribution < -0.4 is 0 Å². The molecule has 0 N–H and O–H groups in total. The molecule has 0 amide bonds. The zero-order valence-corrected chi connectivity index (χ0v) is 7.14. The van der Waals surface area contributed by atoms with Crippen molar-refractivity contribution in [3.8, 4) is 0 Å². The fraction of sp³-hybridized carbons (Fsp3) is 0.286. The van der Waals surface area contributed by atoms with Crippen molar-refractivity contribution in [1.82, 2.24) is 13.7 Å². The van der Waals surface area contributed by atoms with Crippen molar-refractivity contribution in [2.24, 2.45) is 0 Å². The summed E-state index contributed by atoms with van der Waals surface area (Å²) in [7, 11) is 0. The molecule has 2 aromatic rings. The molecular weight excluding hydrogens is 158 g/mol. The lowest BCUT2D eigenvalue weighted by Gasteiger charge is -1.93. The van der Waals surface area contributed by atoms with E-state index >= 15 is 0 Å². The summed E-state index contributed by atoms with van der Waals surface area (Å²) >= 11 is 1.24. The maximum Gasteiger partial charge on any atom is 0.126 e. The van der Waals surface area contributed by atoms with E-state index in [1.54, 1.807) is 0 Å². The van der Waals surface area contributed by atoms with Crippen molar-refractivity contribution in [2.75, 3.05) is 0 Å². The van der Waals surface area contributed by atoms with Crippen molar-refractivity contribution in [1.29, 1.82) is 0 Å². The van der Waals surface area contributed by atoms with E-state index < -0.39 is 0 Å². The molecule has 0 radical (unpaired) electrons. The van der Waals surface area contributed by atoms with Crippen LogP contribution in [0.25, 0.3) is 11.0 Å². The molecular formula is C7H7N3S. The third-order valence-corrected chi connectivity index (χ3v) is 2.19. The van der Waals surface area contributed by atoms with Gasteiger partial charge in [0.05, 0.1) is 17.4 Å². The first-order valence-electron chi connectivity index (χ1n) is 3.33. The van der Waals surface area contributed by atoms with Gasteiger partial charge in [0.25, 0.3) is 0 Å². The van der Waals surface area contributed by atoms with Crippen molar-refractivity contribution in [3.05, 3.63) is 17.5 Å². The van der Waals surface area contributed by atoms with Gasteiger partial charge in [-0.05, 0) is 19.4 Å². The highest BCUT2D eigenvalue weighted by Gasteiger charge is 2.04. The molecule has 0 spiro atoms. The van der Waals surface area contributed by atoms with Gasteiger partial charge in [0.2, 0.25) is 0 Å². The van der Waals surface area contributed by atoms with Gasteiger partial charge < -0.3 is 0 Å². The second-order valence-electron chi connectivity index (χ2n) is 2.49. The molecule has 11 heavy (non-hydrogen) atoms. The van der Waals surface area contributed by atoms with Crippen molar-refractivity contribution in [3.63, 3.8) is 0 Å². The number of aryl methyl sites for hydroxylation is 2. The Morgan fingerprint density at radius 1 is 1.18 bits per heavy atom. The van der Waals surface area contributed by atoms with Crippen LogP contribution in [-0.4, -0.2) is 13.7 Å². The second-order valence-corrected chi connectivity index (χ2v) is 3.02. The average Bonchev–Trinajstić information content (AvgIpc) is 2.45. The summed E-state index contributed by atoms with van der Waals surface area (Å²) in [5.41, 5.74) is 3.98. The Balaban J connectivity index is 2.96. The van der Waals surface area contributed by atoms with Crippen LogP contribution in [-0.2, 0) is 0 Å². The number of aromatic nitrogens is 3. The molecule has 2 aromatic heterocycles. The molecule has 0 atom stereocenters. The highest BCUT2D eigenvalue weighted by Crippen LogP contribution is 2.16. The highest BCUT2D eigenvalue weighted by atomic mass is 32.1. The van der Waals surface area contributed by atoms with Gasteiger partial charge in [-0.3, -0.25) is 4.98 Å². The van der Waals surface area contributed by atoms with Crippen LogP contribution in [0.2, 0.25) is 0 Å². The summed E-state index contributed by atoms with van der Waals surface area (Å²) in [6.45, 7) is 3.94. The maximum atomic E-state index is 4.18. The van der Waals surface area contributed by atoms with Crippen molar-refractivity contribution < 1.29 is 0 Å². The molecule has 0 fully saturated rings. The van der Waals surface area contributed by atoms with E-state index in [4.69, 9.17) is 0 Å². The standard InChI is InChI=1S/C7H7N3S/c1-4-3-8-5(2)7-6(4)9-11-10-7/h3H,1-2H3. The van der Waals surface area contributed by atoms with Crippen LogP contribution >= 0.6 is 11.7 Å². The monoisotopic (exact) mass is 165 g/mol. The fourth-order valence-electron chi connectivity index (χ4n) is 1.00. The molecule has 3 nitrogen and oxygen atoms in total. The molecule has 0 saturated heterocycles. The second kappa shape index (κ2) is 2.23. The van der Waals surface area contributed by atoms with Gasteiger partial charge in [-0.25, -0.2) is 0 Å². The topological polar surface area (TPSA) is 38.7 Å². The van der Waals surface area contributed by atoms with Crippen LogP contribution in [0.5, 0.6) is 0 Å². The summed E-state index contributed by atoms with van der Waals surface area (Å²) in [4.78, 5) is 4.18. The molecule has 0 unspecified atom stereocenters. The minimum atomic E-state index is 0.940. The molecule has 2 rings (SSSR count). The normalized spacial score (nSPS) is 10.7. The summed E-state index contributed by atoms with van der Waals surface area (Å²) in [5.74, 6) is 0. The minimum absolute atomic E-state index is 0.940. The zero-order valence-electron chi connectivity index (χ0n) is 6.33. The van der Waals surface area contributed by atoms with Gasteiger partial charge in [0.15, 0.2) is 0 Å². The zero-order chi connectivity index (χ0) is 7.84. The molecule has 0 bridgehead atoms. The quantitative estimate of drug-likeness (QED) is 0.596. The van der Waals surface area contributed by atoms with Crippen LogP contribution in [0.4, 0.5) is 0 Å². The number of nitrogens with zero attached hydrogens (tertiary/aromatic N) is 3. The largest absolute Gasteiger partial charge is 0.259 e. The Labute approximate surface area is 68.4 Å². The van der Waals surface area contributed by atoms with Gasteiger partial charge in [-0.1, -0.05) is 0 Å². The average molecular weight is 165 g/mol. The molecule has 4 heteroatoms. The first-order chi connectivity index (χ1) is 5.29. The smallest absolute Gasteiger partial charge is 0.126 e. The fourth-order valence-corrected chi connectivity index (χ4v) is 1.65. The highest BCUT2D eigenvalue weighted by molar-refractivity contribution is 7.00. The predicted octanol–water partition coefficient (Wildman–Crippen LogP) is 1.70. The van der Waals surface area contributed by atoms with E-state index in [0.29, 0.717) is 0 Å². The predicted molar refractivity (Wildman–Crippen MR) is 44.7 cm³/mol. The number of fused-ring (bicyclic) bond motifs is 1. The lowest BCUT2D eigenvalue weighted by molar-refractivity contribution is 1.20. The third kappa shape index (κ3) is 0.903. The Morgan fingerprint density at radius 3 is 2.64 bits per heavy atom. The van der Waals surface area contributed by atoms with E-state index in [1.165, 1.54) is 11.7 Å². The maximum absolute atomic E-state index is 4.18. The van der Waals surface area contributed by atoms with Gasteiger partial charge >= 0.3 is 0 Å². The Kier molecular flexibility index (Phi) is 1.35. The van der Waals surface area contributed by atoms with Gasteiger partial charge in [-0.2, -0.15) is 8.75 Å². The van der Waals surface area contributed by atoms with Crippen molar-refractivity contribution in [2.45, 2.75) is 13.8 Å². The Morgan fingerprint density at radius 2 is 1.91 bits per heavy atom. The number of rotatable bonds is 0. The summed E-state index contributed by atoms with van der Waals surface area (Å²) in [6, 6.07) is 0. The number of hydrogen-bond donors (Lipinski definition) is 0. The van der Waals surface area contributed by atoms with E-state index in [-0.39, 0.29) is 0 Å². The summed E-state index contributed by atoms with van der Waals surface area (Å²) in [6.07, 6.45) is 1.83. The summed E-state index contributed by atoms with van der Waals surface area (Å²) in [5, 5.41) is 0. The molecule has 0 aromatic carbocycles. The molecule has 0 saturated carbocycles. The van der Waals surface area contributed by atoms with E-state index in [2.05, 4.69) is 13.7 Å². The first kappa shape index (κ1) is 6.67. The Hall–Kier alpha value is -1.03. The Bertz CT molecular complexity index is 357.